The number of unbranched alkanes of at least 4 members (excludes halogenated alkanes) is 1. The van der Waals surface area contributed by atoms with Crippen molar-refractivity contribution in [2.24, 2.45) is 0 Å². The molecule has 0 heterocycles. The zero-order valence-corrected chi connectivity index (χ0v) is 15.1. The molecule has 1 aromatic carbocycles. The first-order valence-corrected chi connectivity index (χ1v) is 8.13. The van der Waals surface area contributed by atoms with Gasteiger partial charge in [-0.3, -0.25) is 4.79 Å². The molecule has 1 rings (SSSR count). The topological polar surface area (TPSA) is 73.9 Å². The lowest BCUT2D eigenvalue weighted by Crippen LogP contribution is -2.41. The Labute approximate surface area is 143 Å². The molecule has 0 spiro atoms. The van der Waals surface area contributed by atoms with Crippen LogP contribution in [-0.2, 0) is 14.3 Å². The third-order valence-corrected chi connectivity index (χ3v) is 3.89. The molecule has 0 fully saturated rings. The summed E-state index contributed by atoms with van der Waals surface area (Å²) in [6.07, 6.45) is 2.48. The van der Waals surface area contributed by atoms with Crippen molar-refractivity contribution in [3.63, 3.8) is 0 Å². The first-order valence-electron chi connectivity index (χ1n) is 8.13. The van der Waals surface area contributed by atoms with Gasteiger partial charge in [-0.25, -0.2) is 4.79 Å². The van der Waals surface area contributed by atoms with Crippen LogP contribution in [0.4, 0.5) is 5.69 Å². The Bertz CT molecular complexity index is 573. The molecule has 0 radical (unpaired) electrons. The number of hydrogen-bond donors (Lipinski definition) is 1. The Balaban J connectivity index is 3.00. The van der Waals surface area contributed by atoms with Crippen LogP contribution >= 0.6 is 0 Å². The van der Waals surface area contributed by atoms with Gasteiger partial charge in [0, 0.05) is 12.8 Å². The van der Waals surface area contributed by atoms with Crippen LogP contribution in [-0.4, -0.2) is 38.3 Å². The molecule has 6 heteroatoms. The second-order valence-electron chi connectivity index (χ2n) is 5.63. The second kappa shape index (κ2) is 9.27. The Morgan fingerprint density at radius 2 is 1.92 bits per heavy atom. The highest BCUT2D eigenvalue weighted by Crippen LogP contribution is 2.26. The van der Waals surface area contributed by atoms with E-state index in [9.17, 15) is 9.59 Å². The van der Waals surface area contributed by atoms with Gasteiger partial charge in [0.2, 0.25) is 0 Å². The van der Waals surface area contributed by atoms with Gasteiger partial charge < -0.3 is 19.5 Å². The van der Waals surface area contributed by atoms with Crippen molar-refractivity contribution in [2.45, 2.75) is 45.6 Å². The standard InChI is InChI=1S/C18H27NO5/c1-6-8-11-18(3,23-5)17(21)19-13-9-10-15(22-4)14(12-13)16(20)24-7-2/h9-10,12H,6-8,11H2,1-5H3,(H,19,21)/t18-/m1/s1. The van der Waals surface area contributed by atoms with Crippen molar-refractivity contribution >= 4 is 17.6 Å². The molecule has 0 aromatic heterocycles. The molecule has 0 aliphatic rings. The number of ether oxygens (including phenoxy) is 3. The van der Waals surface area contributed by atoms with E-state index < -0.39 is 11.6 Å². The molecular weight excluding hydrogens is 310 g/mol. The van der Waals surface area contributed by atoms with Crippen molar-refractivity contribution in [3.05, 3.63) is 23.8 Å². The number of hydrogen-bond acceptors (Lipinski definition) is 5. The normalized spacial score (nSPS) is 13.0. The van der Waals surface area contributed by atoms with Crippen LogP contribution in [0.3, 0.4) is 0 Å². The quantitative estimate of drug-likeness (QED) is 0.699. The van der Waals surface area contributed by atoms with Crippen molar-refractivity contribution in [2.75, 3.05) is 26.1 Å². The Morgan fingerprint density at radius 3 is 2.46 bits per heavy atom. The minimum Gasteiger partial charge on any atom is -0.496 e. The largest absolute Gasteiger partial charge is 0.496 e. The smallest absolute Gasteiger partial charge is 0.341 e. The lowest BCUT2D eigenvalue weighted by atomic mass is 9.97. The maximum absolute atomic E-state index is 12.5. The summed E-state index contributed by atoms with van der Waals surface area (Å²) < 4.78 is 15.6. The van der Waals surface area contributed by atoms with Gasteiger partial charge in [0.25, 0.3) is 5.91 Å². The highest BCUT2D eigenvalue weighted by atomic mass is 16.5. The fourth-order valence-corrected chi connectivity index (χ4v) is 2.24. The predicted molar refractivity (Wildman–Crippen MR) is 92.5 cm³/mol. The molecule has 1 aromatic rings. The van der Waals surface area contributed by atoms with Crippen LogP contribution in [0, 0.1) is 0 Å². The Morgan fingerprint density at radius 1 is 1.21 bits per heavy atom. The monoisotopic (exact) mass is 337 g/mol. The summed E-state index contributed by atoms with van der Waals surface area (Å²) in [5, 5.41) is 2.80. The molecule has 0 aliphatic carbocycles. The van der Waals surface area contributed by atoms with Gasteiger partial charge in [-0.1, -0.05) is 19.8 Å². The van der Waals surface area contributed by atoms with Crippen LogP contribution < -0.4 is 10.1 Å². The van der Waals surface area contributed by atoms with Crippen LogP contribution in [0.5, 0.6) is 5.75 Å². The fraction of sp³-hybridized carbons (Fsp3) is 0.556. The van der Waals surface area contributed by atoms with E-state index in [-0.39, 0.29) is 18.1 Å². The van der Waals surface area contributed by atoms with E-state index in [0.717, 1.165) is 12.8 Å². The molecule has 1 N–H and O–H groups in total. The minimum atomic E-state index is -0.917. The average Bonchev–Trinajstić information content (AvgIpc) is 2.59. The van der Waals surface area contributed by atoms with Crippen molar-refractivity contribution in [1.29, 1.82) is 0 Å². The fourth-order valence-electron chi connectivity index (χ4n) is 2.24. The molecule has 24 heavy (non-hydrogen) atoms. The second-order valence-corrected chi connectivity index (χ2v) is 5.63. The highest BCUT2D eigenvalue weighted by molar-refractivity contribution is 5.99. The first-order chi connectivity index (χ1) is 11.4. The van der Waals surface area contributed by atoms with E-state index in [0.29, 0.717) is 17.9 Å². The van der Waals surface area contributed by atoms with Crippen molar-refractivity contribution < 1.29 is 23.8 Å². The van der Waals surface area contributed by atoms with Crippen molar-refractivity contribution in [3.8, 4) is 5.75 Å². The lowest BCUT2D eigenvalue weighted by Gasteiger charge is -2.26. The summed E-state index contributed by atoms with van der Waals surface area (Å²) >= 11 is 0. The van der Waals surface area contributed by atoms with Crippen LogP contribution in [0.25, 0.3) is 0 Å². The van der Waals surface area contributed by atoms with Gasteiger partial charge >= 0.3 is 5.97 Å². The molecule has 1 atom stereocenters. The first kappa shape index (κ1) is 20.0. The number of carbonyl (C=O) groups is 2. The molecule has 134 valence electrons. The predicted octanol–water partition coefficient (Wildman–Crippen LogP) is 3.41. The maximum Gasteiger partial charge on any atom is 0.341 e. The van der Waals surface area contributed by atoms with Crippen LogP contribution in [0.15, 0.2) is 18.2 Å². The third-order valence-electron chi connectivity index (χ3n) is 3.89. The minimum absolute atomic E-state index is 0.251. The number of anilines is 1. The third kappa shape index (κ3) is 4.96. The number of esters is 1. The molecule has 0 saturated heterocycles. The number of carbonyl (C=O) groups excluding carboxylic acids is 2. The summed E-state index contributed by atoms with van der Waals surface area (Å²) in [4.78, 5) is 24.6. The van der Waals surface area contributed by atoms with E-state index in [4.69, 9.17) is 14.2 Å². The van der Waals surface area contributed by atoms with Gasteiger partial charge in [-0.15, -0.1) is 0 Å². The number of nitrogens with one attached hydrogen (secondary N) is 1. The molecule has 0 bridgehead atoms. The van der Waals surface area contributed by atoms with Gasteiger partial charge in [-0.2, -0.15) is 0 Å². The average molecular weight is 337 g/mol. The summed E-state index contributed by atoms with van der Waals surface area (Å²) in [6, 6.07) is 4.85. The zero-order valence-electron chi connectivity index (χ0n) is 15.1. The lowest BCUT2D eigenvalue weighted by molar-refractivity contribution is -0.136. The molecule has 0 saturated carbocycles. The van der Waals surface area contributed by atoms with Crippen molar-refractivity contribution in [1.82, 2.24) is 0 Å². The zero-order chi connectivity index (χ0) is 18.2. The number of benzene rings is 1. The summed E-state index contributed by atoms with van der Waals surface area (Å²) in [6.45, 7) is 5.81. The van der Waals surface area contributed by atoms with E-state index in [2.05, 4.69) is 12.2 Å². The molecule has 1 amide bonds. The van der Waals surface area contributed by atoms with E-state index in [1.54, 1.807) is 32.0 Å². The molecular formula is C18H27NO5. The van der Waals surface area contributed by atoms with Crippen LogP contribution in [0.1, 0.15) is 50.4 Å². The summed E-state index contributed by atoms with van der Waals surface area (Å²) in [7, 11) is 3.00. The Kier molecular flexibility index (Phi) is 7.71. The van der Waals surface area contributed by atoms with E-state index in [1.807, 2.05) is 0 Å². The highest BCUT2D eigenvalue weighted by Gasteiger charge is 2.32. The van der Waals surface area contributed by atoms with Gasteiger partial charge in [-0.05, 0) is 38.5 Å². The summed E-state index contributed by atoms with van der Waals surface area (Å²) in [5.74, 6) is -0.351. The SMILES string of the molecule is CCCC[C@@](C)(OC)C(=O)Nc1ccc(OC)c(C(=O)OCC)c1. The van der Waals surface area contributed by atoms with E-state index in [1.165, 1.54) is 14.2 Å². The molecule has 0 aliphatic heterocycles. The van der Waals surface area contributed by atoms with Gasteiger partial charge in [0.15, 0.2) is 0 Å². The van der Waals surface area contributed by atoms with Crippen LogP contribution in [0.2, 0.25) is 0 Å². The number of rotatable bonds is 9. The van der Waals surface area contributed by atoms with Gasteiger partial charge in [0.05, 0.1) is 13.7 Å². The Hall–Kier alpha value is -2.08. The number of methoxy groups -OCH3 is 2. The van der Waals surface area contributed by atoms with Gasteiger partial charge in [0.1, 0.15) is 16.9 Å². The molecule has 6 nitrogen and oxygen atoms in total. The number of amides is 1. The maximum atomic E-state index is 12.5. The summed E-state index contributed by atoms with van der Waals surface area (Å²) in [5.41, 5.74) is -0.159. The molecule has 0 unspecified atom stereocenters. The van der Waals surface area contributed by atoms with E-state index >= 15 is 0 Å².